The molecule has 0 aromatic heterocycles. The van der Waals surface area contributed by atoms with Crippen LogP contribution in [0, 0.1) is 6.92 Å². The summed E-state index contributed by atoms with van der Waals surface area (Å²) in [5.41, 5.74) is 3.00. The van der Waals surface area contributed by atoms with Crippen LogP contribution in [0.5, 0.6) is 0 Å². The van der Waals surface area contributed by atoms with Crippen molar-refractivity contribution in [1.82, 2.24) is 0 Å². The maximum atomic E-state index is 11.2. The molecule has 0 spiro atoms. The van der Waals surface area contributed by atoms with E-state index in [9.17, 15) is 8.42 Å². The van der Waals surface area contributed by atoms with Crippen molar-refractivity contribution in [2.75, 3.05) is 5.32 Å². The smallest absolute Gasteiger partial charge is 0.294 e. The molecule has 0 atom stereocenters. The molecule has 2 N–H and O–H groups in total. The summed E-state index contributed by atoms with van der Waals surface area (Å²) in [5.74, 6) is 0. The Morgan fingerprint density at radius 1 is 0.913 bits per heavy atom. The summed E-state index contributed by atoms with van der Waals surface area (Å²) in [6.07, 6.45) is 0. The molecule has 1 radical (unpaired) electrons. The Bertz CT molecular complexity index is 955. The minimum atomic E-state index is -4.19. The van der Waals surface area contributed by atoms with Gasteiger partial charge in [0.25, 0.3) is 10.1 Å². The van der Waals surface area contributed by atoms with E-state index in [1.54, 1.807) is 6.07 Å². The Morgan fingerprint density at radius 2 is 1.61 bits per heavy atom. The van der Waals surface area contributed by atoms with E-state index in [2.05, 4.69) is 5.32 Å². The fourth-order valence-corrected chi connectivity index (χ4v) is 2.91. The molecule has 0 fully saturated rings. The van der Waals surface area contributed by atoms with Crippen molar-refractivity contribution in [1.29, 1.82) is 0 Å². The second-order valence-corrected chi connectivity index (χ2v) is 6.53. The molecular formula is C17H15KNO3S. The third kappa shape index (κ3) is 4.22. The zero-order valence-corrected chi connectivity index (χ0v) is 16.9. The normalized spacial score (nSPS) is 11.0. The van der Waals surface area contributed by atoms with Gasteiger partial charge in [0.2, 0.25) is 0 Å². The third-order valence-corrected chi connectivity index (χ3v) is 4.41. The maximum Gasteiger partial charge on any atom is 0.294 e. The van der Waals surface area contributed by atoms with Crippen LogP contribution in [-0.4, -0.2) is 64.4 Å². The van der Waals surface area contributed by atoms with Crippen molar-refractivity contribution >= 4 is 83.6 Å². The molecule has 0 aliphatic heterocycles. The summed E-state index contributed by atoms with van der Waals surface area (Å²) in [7, 11) is -4.19. The van der Waals surface area contributed by atoms with Gasteiger partial charge in [0.1, 0.15) is 0 Å². The van der Waals surface area contributed by atoms with Crippen molar-refractivity contribution in [3.63, 3.8) is 0 Å². The summed E-state index contributed by atoms with van der Waals surface area (Å²) in [6.45, 7) is 2.02. The predicted molar refractivity (Wildman–Crippen MR) is 94.0 cm³/mol. The largest absolute Gasteiger partial charge is 0.355 e. The average Bonchev–Trinajstić information content (AvgIpc) is 2.48. The molecule has 23 heavy (non-hydrogen) atoms. The number of para-hydroxylation sites is 1. The van der Waals surface area contributed by atoms with Gasteiger partial charge in [-0.1, -0.05) is 36.4 Å². The van der Waals surface area contributed by atoms with Gasteiger partial charge in [-0.05, 0) is 42.1 Å². The van der Waals surface area contributed by atoms with Gasteiger partial charge in [0, 0.05) is 68.1 Å². The van der Waals surface area contributed by atoms with Crippen LogP contribution in [-0.2, 0) is 10.1 Å². The summed E-state index contributed by atoms with van der Waals surface area (Å²) in [5, 5.41) is 4.99. The first kappa shape index (κ1) is 18.6. The monoisotopic (exact) mass is 352 g/mol. The summed E-state index contributed by atoms with van der Waals surface area (Å²) >= 11 is 0. The van der Waals surface area contributed by atoms with E-state index in [1.807, 2.05) is 49.4 Å². The Morgan fingerprint density at radius 3 is 2.30 bits per heavy atom. The topological polar surface area (TPSA) is 66.4 Å². The Balaban J connectivity index is 0.00000192. The first-order valence-corrected chi connectivity index (χ1v) is 8.22. The molecule has 0 saturated carbocycles. The van der Waals surface area contributed by atoms with E-state index in [-0.39, 0.29) is 56.3 Å². The molecule has 0 saturated heterocycles. The number of hydrogen-bond acceptors (Lipinski definition) is 3. The summed E-state index contributed by atoms with van der Waals surface area (Å²) in [4.78, 5) is -0.104. The molecule has 3 rings (SSSR count). The Kier molecular flexibility index (Phi) is 6.02. The second-order valence-electron chi connectivity index (χ2n) is 5.10. The molecule has 0 aliphatic carbocycles. The van der Waals surface area contributed by atoms with Crippen molar-refractivity contribution in [2.24, 2.45) is 0 Å². The fraction of sp³-hybridized carbons (Fsp3) is 0.0588. The van der Waals surface area contributed by atoms with E-state index in [1.165, 1.54) is 12.1 Å². The van der Waals surface area contributed by atoms with Gasteiger partial charge in [-0.15, -0.1) is 0 Å². The number of hydrogen-bond donors (Lipinski definition) is 2. The van der Waals surface area contributed by atoms with E-state index in [4.69, 9.17) is 4.55 Å². The van der Waals surface area contributed by atoms with Crippen LogP contribution in [0.2, 0.25) is 0 Å². The Labute approximate surface area is 178 Å². The minimum absolute atomic E-state index is 0. The van der Waals surface area contributed by atoms with Gasteiger partial charge in [0.15, 0.2) is 0 Å². The molecule has 4 nitrogen and oxygen atoms in total. The van der Waals surface area contributed by atoms with E-state index in [0.717, 1.165) is 27.7 Å². The summed E-state index contributed by atoms with van der Waals surface area (Å²) in [6, 6.07) is 18.1. The number of aryl methyl sites for hydroxylation is 1. The molecule has 0 unspecified atom stereocenters. The SMILES string of the molecule is Cc1ccccc1Nc1cccc2cc(S(=O)(=O)O)ccc12.[K]. The van der Waals surface area contributed by atoms with Crippen LogP contribution in [0.25, 0.3) is 10.8 Å². The number of rotatable bonds is 3. The van der Waals surface area contributed by atoms with E-state index in [0.29, 0.717) is 0 Å². The van der Waals surface area contributed by atoms with Crippen LogP contribution >= 0.6 is 0 Å². The van der Waals surface area contributed by atoms with Crippen molar-refractivity contribution in [3.8, 4) is 0 Å². The number of nitrogens with one attached hydrogen (secondary N) is 1. The van der Waals surface area contributed by atoms with Crippen LogP contribution in [0.4, 0.5) is 11.4 Å². The first-order chi connectivity index (χ1) is 10.4. The number of fused-ring (bicyclic) bond motifs is 1. The van der Waals surface area contributed by atoms with Crippen LogP contribution in [0.3, 0.4) is 0 Å². The standard InChI is InChI=1S/C17H15NO3S.K/c1-12-5-2-3-7-16(12)18-17-8-4-6-13-11-14(22(19,20)21)9-10-15(13)17;/h2-11,18H,1H3,(H,19,20,21);. The van der Waals surface area contributed by atoms with Crippen LogP contribution < -0.4 is 5.32 Å². The van der Waals surface area contributed by atoms with Crippen molar-refractivity contribution in [2.45, 2.75) is 11.8 Å². The fourth-order valence-electron chi connectivity index (χ4n) is 2.39. The van der Waals surface area contributed by atoms with Gasteiger partial charge >= 0.3 is 0 Å². The second kappa shape index (κ2) is 7.44. The van der Waals surface area contributed by atoms with Crippen molar-refractivity contribution < 1.29 is 13.0 Å². The number of anilines is 2. The maximum absolute atomic E-state index is 11.2. The molecule has 0 amide bonds. The van der Waals surface area contributed by atoms with Gasteiger partial charge in [-0.25, -0.2) is 0 Å². The molecule has 0 aliphatic rings. The zero-order chi connectivity index (χ0) is 15.7. The summed E-state index contributed by atoms with van der Waals surface area (Å²) < 4.78 is 31.6. The molecule has 113 valence electrons. The van der Waals surface area contributed by atoms with E-state index >= 15 is 0 Å². The van der Waals surface area contributed by atoms with Gasteiger partial charge in [-0.3, -0.25) is 4.55 Å². The molecule has 0 bridgehead atoms. The molecule has 3 aromatic carbocycles. The minimum Gasteiger partial charge on any atom is -0.355 e. The Hall–Kier alpha value is -0.734. The van der Waals surface area contributed by atoms with Crippen LogP contribution in [0.1, 0.15) is 5.56 Å². The number of benzene rings is 3. The van der Waals surface area contributed by atoms with Gasteiger partial charge in [0.05, 0.1) is 4.90 Å². The first-order valence-electron chi connectivity index (χ1n) is 6.78. The van der Waals surface area contributed by atoms with Gasteiger partial charge in [-0.2, -0.15) is 8.42 Å². The zero-order valence-electron chi connectivity index (χ0n) is 12.9. The third-order valence-electron chi connectivity index (χ3n) is 3.56. The molecule has 6 heteroatoms. The molecular weight excluding hydrogens is 337 g/mol. The van der Waals surface area contributed by atoms with Crippen LogP contribution in [0.15, 0.2) is 65.6 Å². The quantitative estimate of drug-likeness (QED) is 0.556. The molecule has 0 heterocycles. The van der Waals surface area contributed by atoms with Crippen molar-refractivity contribution in [3.05, 3.63) is 66.2 Å². The molecule has 3 aromatic rings. The average molecular weight is 352 g/mol. The van der Waals surface area contributed by atoms with Gasteiger partial charge < -0.3 is 5.32 Å². The predicted octanol–water partition coefficient (Wildman–Crippen LogP) is 3.76. The van der Waals surface area contributed by atoms with E-state index < -0.39 is 10.1 Å².